The molecule has 0 aromatic heterocycles. The minimum atomic E-state index is -1.76. The van der Waals surface area contributed by atoms with Crippen LogP contribution in [0.1, 0.15) is 45.4 Å². The molecule has 0 radical (unpaired) electrons. The van der Waals surface area contributed by atoms with Gasteiger partial charge in [-0.15, -0.1) is 0 Å². The topological polar surface area (TPSA) is 33.1 Å². The molecule has 0 fully saturated rings. The SMILES string of the molecule is CCCCCCC/C=C/COC(=N)C(Cl)(Cl)Cl. The van der Waals surface area contributed by atoms with Gasteiger partial charge >= 0.3 is 0 Å². The lowest BCUT2D eigenvalue weighted by atomic mass is 10.1. The maximum absolute atomic E-state index is 7.28. The highest BCUT2D eigenvalue weighted by Gasteiger charge is 2.28. The number of rotatable bonds is 8. The van der Waals surface area contributed by atoms with E-state index in [1.807, 2.05) is 12.2 Å². The van der Waals surface area contributed by atoms with Crippen LogP contribution >= 0.6 is 34.8 Å². The zero-order chi connectivity index (χ0) is 13.1. The summed E-state index contributed by atoms with van der Waals surface area (Å²) >= 11 is 16.4. The molecule has 0 heterocycles. The van der Waals surface area contributed by atoms with E-state index in [1.165, 1.54) is 32.1 Å². The van der Waals surface area contributed by atoms with E-state index in [4.69, 9.17) is 44.9 Å². The Labute approximate surface area is 119 Å². The Morgan fingerprint density at radius 3 is 2.35 bits per heavy atom. The number of nitrogens with one attached hydrogen (secondary N) is 1. The Balaban J connectivity index is 3.40. The van der Waals surface area contributed by atoms with Crippen LogP contribution in [-0.2, 0) is 4.74 Å². The molecule has 0 rings (SSSR count). The van der Waals surface area contributed by atoms with Gasteiger partial charge in [0.2, 0.25) is 5.90 Å². The van der Waals surface area contributed by atoms with Gasteiger partial charge in [0.15, 0.2) is 0 Å². The summed E-state index contributed by atoms with van der Waals surface area (Å²) in [4.78, 5) is 0. The van der Waals surface area contributed by atoms with Crippen molar-refractivity contribution in [3.8, 4) is 0 Å². The fourth-order valence-corrected chi connectivity index (χ4v) is 1.43. The molecule has 0 aliphatic carbocycles. The van der Waals surface area contributed by atoms with Crippen molar-refractivity contribution in [2.75, 3.05) is 6.61 Å². The maximum Gasteiger partial charge on any atom is 0.265 e. The Kier molecular flexibility index (Phi) is 10.1. The third kappa shape index (κ3) is 10.9. The van der Waals surface area contributed by atoms with Gasteiger partial charge in [0.1, 0.15) is 6.61 Å². The van der Waals surface area contributed by atoms with Crippen molar-refractivity contribution >= 4 is 40.7 Å². The van der Waals surface area contributed by atoms with Gasteiger partial charge < -0.3 is 4.74 Å². The predicted octanol–water partition coefficient (Wildman–Crippen LogP) is 5.27. The standard InChI is InChI=1S/C12H20Cl3NO/c1-2-3-4-5-6-7-8-9-10-17-11(16)12(13,14)15/h8-9,16H,2-7,10H2,1H3/b9-8+,16-11?. The molecular formula is C12H20Cl3NO. The normalized spacial score (nSPS) is 12.0. The lowest BCUT2D eigenvalue weighted by Gasteiger charge is -2.11. The minimum absolute atomic E-state index is 0.279. The molecule has 2 nitrogen and oxygen atoms in total. The molecule has 5 heteroatoms. The molecule has 0 saturated heterocycles. The third-order valence-corrected chi connectivity index (χ3v) is 2.74. The monoisotopic (exact) mass is 299 g/mol. The molecule has 0 amide bonds. The number of hydrogen-bond acceptors (Lipinski definition) is 2. The zero-order valence-electron chi connectivity index (χ0n) is 10.1. The second-order valence-electron chi connectivity index (χ2n) is 3.81. The van der Waals surface area contributed by atoms with Gasteiger partial charge in [-0.1, -0.05) is 79.6 Å². The lowest BCUT2D eigenvalue weighted by Crippen LogP contribution is -2.21. The van der Waals surface area contributed by atoms with Crippen LogP contribution in [0.3, 0.4) is 0 Å². The Bertz CT molecular complexity index is 236. The fraction of sp³-hybridized carbons (Fsp3) is 0.750. The number of alkyl halides is 3. The average Bonchev–Trinajstić information content (AvgIpc) is 2.25. The van der Waals surface area contributed by atoms with E-state index >= 15 is 0 Å². The summed E-state index contributed by atoms with van der Waals surface area (Å²) in [6, 6.07) is 0. The molecule has 100 valence electrons. The van der Waals surface area contributed by atoms with Crippen molar-refractivity contribution in [3.63, 3.8) is 0 Å². The fourth-order valence-electron chi connectivity index (χ4n) is 1.26. The highest BCUT2D eigenvalue weighted by molar-refractivity contribution is 6.76. The highest BCUT2D eigenvalue weighted by atomic mass is 35.6. The zero-order valence-corrected chi connectivity index (χ0v) is 12.4. The van der Waals surface area contributed by atoms with Crippen LogP contribution in [-0.4, -0.2) is 16.3 Å². The second-order valence-corrected chi connectivity index (χ2v) is 6.09. The smallest absolute Gasteiger partial charge is 0.265 e. The van der Waals surface area contributed by atoms with Crippen molar-refractivity contribution in [2.45, 2.75) is 49.2 Å². The summed E-state index contributed by atoms with van der Waals surface area (Å²) in [6.45, 7) is 2.48. The van der Waals surface area contributed by atoms with E-state index in [0.29, 0.717) is 0 Å². The summed E-state index contributed by atoms with van der Waals surface area (Å²) < 4.78 is 3.20. The van der Waals surface area contributed by atoms with Gasteiger partial charge in [-0.2, -0.15) is 0 Å². The molecular weight excluding hydrogens is 280 g/mol. The second kappa shape index (κ2) is 10.0. The van der Waals surface area contributed by atoms with E-state index in [9.17, 15) is 0 Å². The minimum Gasteiger partial charge on any atom is -0.474 e. The molecule has 0 aromatic rings. The van der Waals surface area contributed by atoms with Crippen molar-refractivity contribution in [1.29, 1.82) is 5.41 Å². The van der Waals surface area contributed by atoms with Crippen molar-refractivity contribution in [2.24, 2.45) is 0 Å². The van der Waals surface area contributed by atoms with Gasteiger partial charge in [0.05, 0.1) is 0 Å². The summed E-state index contributed by atoms with van der Waals surface area (Å²) in [7, 11) is 0. The first-order valence-electron chi connectivity index (χ1n) is 5.92. The first-order chi connectivity index (χ1) is 7.98. The first-order valence-corrected chi connectivity index (χ1v) is 7.05. The van der Waals surface area contributed by atoms with Gasteiger partial charge in [0.25, 0.3) is 3.79 Å². The molecule has 0 aliphatic rings. The Morgan fingerprint density at radius 2 is 1.76 bits per heavy atom. The Hall–Kier alpha value is 0.0800. The van der Waals surface area contributed by atoms with Crippen molar-refractivity contribution < 1.29 is 4.74 Å². The first kappa shape index (κ1) is 17.1. The predicted molar refractivity (Wildman–Crippen MR) is 76.5 cm³/mol. The van der Waals surface area contributed by atoms with Gasteiger partial charge in [-0.3, -0.25) is 5.41 Å². The number of halogens is 3. The quantitative estimate of drug-likeness (QED) is 0.214. The largest absolute Gasteiger partial charge is 0.474 e. The average molecular weight is 301 g/mol. The van der Waals surface area contributed by atoms with Crippen molar-refractivity contribution in [3.05, 3.63) is 12.2 Å². The molecule has 0 unspecified atom stereocenters. The summed E-state index contributed by atoms with van der Waals surface area (Å²) in [5.41, 5.74) is 0. The van der Waals surface area contributed by atoms with Gasteiger partial charge in [0, 0.05) is 0 Å². The van der Waals surface area contributed by atoms with Gasteiger partial charge in [-0.25, -0.2) is 0 Å². The molecule has 0 aliphatic heterocycles. The van der Waals surface area contributed by atoms with Crippen molar-refractivity contribution in [1.82, 2.24) is 0 Å². The number of allylic oxidation sites excluding steroid dienone is 1. The van der Waals surface area contributed by atoms with Crippen LogP contribution < -0.4 is 0 Å². The molecule has 0 aromatic carbocycles. The highest BCUT2D eigenvalue weighted by Crippen LogP contribution is 2.27. The van der Waals surface area contributed by atoms with E-state index in [-0.39, 0.29) is 12.5 Å². The molecule has 17 heavy (non-hydrogen) atoms. The summed E-state index contributed by atoms with van der Waals surface area (Å²) in [5.74, 6) is -0.338. The molecule has 0 bridgehead atoms. The van der Waals surface area contributed by atoms with Crippen LogP contribution in [0.5, 0.6) is 0 Å². The summed E-state index contributed by atoms with van der Waals surface area (Å²) in [6.07, 6.45) is 11.3. The van der Waals surface area contributed by atoms with E-state index in [2.05, 4.69) is 6.92 Å². The van der Waals surface area contributed by atoms with Crippen LogP contribution in [0, 0.1) is 5.41 Å². The maximum atomic E-state index is 7.28. The summed E-state index contributed by atoms with van der Waals surface area (Å²) in [5, 5.41) is 7.28. The van der Waals surface area contributed by atoms with Crippen LogP contribution in [0.15, 0.2) is 12.2 Å². The lowest BCUT2D eigenvalue weighted by molar-refractivity contribution is 0.339. The molecule has 1 N–H and O–H groups in total. The van der Waals surface area contributed by atoms with E-state index in [0.717, 1.165) is 6.42 Å². The third-order valence-electron chi connectivity index (χ3n) is 2.22. The Morgan fingerprint density at radius 1 is 1.12 bits per heavy atom. The number of hydrogen-bond donors (Lipinski definition) is 1. The van der Waals surface area contributed by atoms with Gasteiger partial charge in [-0.05, 0) is 12.8 Å². The van der Waals surface area contributed by atoms with Crippen LogP contribution in [0.2, 0.25) is 0 Å². The number of unbranched alkanes of at least 4 members (excludes halogenated alkanes) is 5. The molecule has 0 spiro atoms. The van der Waals surface area contributed by atoms with E-state index < -0.39 is 3.79 Å². The molecule has 0 atom stereocenters. The van der Waals surface area contributed by atoms with Crippen LogP contribution in [0.25, 0.3) is 0 Å². The van der Waals surface area contributed by atoms with E-state index in [1.54, 1.807) is 0 Å². The number of ether oxygens (including phenoxy) is 1. The van der Waals surface area contributed by atoms with Crippen LogP contribution in [0.4, 0.5) is 0 Å². The molecule has 0 saturated carbocycles.